The molecule has 4 aliphatic rings. The van der Waals surface area contributed by atoms with Crippen LogP contribution in [0.5, 0.6) is 0 Å². The SMILES string of the molecule is CCC(C)(C)C(=O)OC1CC2COC3(C=CC(C)C(CCC4CC(O[Si](C)(C)C(C)(C)C)CC(=O)O4)C13)C2. The summed E-state index contributed by atoms with van der Waals surface area (Å²) in [5.41, 5.74) is -0.843. The predicted molar refractivity (Wildman–Crippen MR) is 151 cm³/mol. The van der Waals surface area contributed by atoms with E-state index in [1.165, 1.54) is 0 Å². The highest BCUT2D eigenvalue weighted by molar-refractivity contribution is 6.74. The van der Waals surface area contributed by atoms with Crippen LogP contribution in [0.3, 0.4) is 0 Å². The van der Waals surface area contributed by atoms with E-state index in [-0.39, 0.29) is 46.8 Å². The first-order valence-corrected chi connectivity index (χ1v) is 17.9. The minimum Gasteiger partial charge on any atom is -0.462 e. The van der Waals surface area contributed by atoms with E-state index in [0.29, 0.717) is 24.2 Å². The molecule has 2 heterocycles. The number of rotatable bonds is 8. The summed E-state index contributed by atoms with van der Waals surface area (Å²) in [5.74, 6) is 0.935. The van der Waals surface area contributed by atoms with Crippen LogP contribution in [0.15, 0.2) is 12.2 Å². The Morgan fingerprint density at radius 3 is 2.53 bits per heavy atom. The molecule has 8 atom stereocenters. The zero-order valence-corrected chi connectivity index (χ0v) is 26.3. The van der Waals surface area contributed by atoms with Gasteiger partial charge in [0.05, 0.1) is 30.1 Å². The molecule has 0 amide bonds. The third kappa shape index (κ3) is 5.95. The van der Waals surface area contributed by atoms with Crippen molar-refractivity contribution >= 4 is 20.3 Å². The maximum absolute atomic E-state index is 13.2. The maximum Gasteiger partial charge on any atom is 0.311 e. The Morgan fingerprint density at radius 2 is 1.87 bits per heavy atom. The van der Waals surface area contributed by atoms with Crippen molar-refractivity contribution in [1.82, 2.24) is 0 Å². The molecule has 1 spiro atoms. The van der Waals surface area contributed by atoms with E-state index in [0.717, 1.165) is 45.1 Å². The number of allylic oxidation sites excluding steroid dienone is 1. The Morgan fingerprint density at radius 1 is 1.16 bits per heavy atom. The fraction of sp³-hybridized carbons (Fsp3) is 0.871. The van der Waals surface area contributed by atoms with Crippen molar-refractivity contribution < 1.29 is 28.2 Å². The van der Waals surface area contributed by atoms with E-state index in [1.54, 1.807) is 0 Å². The minimum atomic E-state index is -1.98. The Bertz CT molecular complexity index is 920. The van der Waals surface area contributed by atoms with Gasteiger partial charge in [-0.25, -0.2) is 0 Å². The summed E-state index contributed by atoms with van der Waals surface area (Å²) in [5, 5.41) is 0.0982. The Labute approximate surface area is 231 Å². The largest absolute Gasteiger partial charge is 0.462 e. The molecule has 0 radical (unpaired) electrons. The normalized spacial score (nSPS) is 37.5. The van der Waals surface area contributed by atoms with Crippen molar-refractivity contribution in [2.75, 3.05) is 6.61 Å². The monoisotopic (exact) mass is 548 g/mol. The molecule has 0 aromatic heterocycles. The van der Waals surface area contributed by atoms with Crippen molar-refractivity contribution in [1.29, 1.82) is 0 Å². The molecule has 2 bridgehead atoms. The summed E-state index contributed by atoms with van der Waals surface area (Å²) in [4.78, 5) is 25.8. The molecule has 2 aliphatic carbocycles. The van der Waals surface area contributed by atoms with Crippen LogP contribution in [-0.2, 0) is 28.2 Å². The molecular formula is C31H52O6Si. The van der Waals surface area contributed by atoms with Crippen molar-refractivity contribution in [3.05, 3.63) is 12.2 Å². The maximum atomic E-state index is 13.2. The fourth-order valence-corrected chi connectivity index (χ4v) is 8.12. The average molecular weight is 549 g/mol. The van der Waals surface area contributed by atoms with Crippen molar-refractivity contribution in [2.45, 2.75) is 135 Å². The quantitative estimate of drug-likeness (QED) is 0.188. The van der Waals surface area contributed by atoms with Gasteiger partial charge in [-0.1, -0.05) is 46.8 Å². The molecule has 1 saturated carbocycles. The van der Waals surface area contributed by atoms with Crippen LogP contribution in [0.4, 0.5) is 0 Å². The lowest BCUT2D eigenvalue weighted by Crippen LogP contribution is -2.54. The van der Waals surface area contributed by atoms with Crippen LogP contribution >= 0.6 is 0 Å². The fourth-order valence-electron chi connectivity index (χ4n) is 6.75. The van der Waals surface area contributed by atoms with E-state index >= 15 is 0 Å². The second kappa shape index (κ2) is 10.7. The summed E-state index contributed by atoms with van der Waals surface area (Å²) in [7, 11) is -1.98. The van der Waals surface area contributed by atoms with Gasteiger partial charge in [-0.2, -0.15) is 0 Å². The third-order valence-corrected chi connectivity index (χ3v) is 15.1. The summed E-state index contributed by atoms with van der Waals surface area (Å²) < 4.78 is 25.3. The number of fused-ring (bicyclic) bond motifs is 1. The molecule has 8 unspecified atom stereocenters. The lowest BCUT2D eigenvalue weighted by Gasteiger charge is -2.50. The van der Waals surface area contributed by atoms with Gasteiger partial charge < -0.3 is 18.6 Å². The van der Waals surface area contributed by atoms with Gasteiger partial charge in [0.15, 0.2) is 8.32 Å². The molecule has 216 valence electrons. The van der Waals surface area contributed by atoms with E-state index in [4.69, 9.17) is 18.6 Å². The molecule has 0 aromatic carbocycles. The molecular weight excluding hydrogens is 496 g/mol. The van der Waals surface area contributed by atoms with Gasteiger partial charge >= 0.3 is 11.9 Å². The first-order chi connectivity index (χ1) is 17.6. The molecule has 3 fully saturated rings. The lowest BCUT2D eigenvalue weighted by molar-refractivity contribution is -0.176. The number of carbonyl (C=O) groups is 2. The van der Waals surface area contributed by atoms with Gasteiger partial charge in [-0.3, -0.25) is 9.59 Å². The zero-order valence-electron chi connectivity index (χ0n) is 25.3. The predicted octanol–water partition coefficient (Wildman–Crippen LogP) is 6.83. The van der Waals surface area contributed by atoms with E-state index in [1.807, 2.05) is 20.8 Å². The first-order valence-electron chi connectivity index (χ1n) is 15.0. The van der Waals surface area contributed by atoms with Crippen molar-refractivity contribution in [2.24, 2.45) is 29.1 Å². The third-order valence-electron chi connectivity index (χ3n) is 10.5. The van der Waals surface area contributed by atoms with Gasteiger partial charge in [0.2, 0.25) is 0 Å². The van der Waals surface area contributed by atoms with Crippen molar-refractivity contribution in [3.63, 3.8) is 0 Å². The number of hydrogen-bond donors (Lipinski definition) is 0. The number of hydrogen-bond acceptors (Lipinski definition) is 6. The second-order valence-electron chi connectivity index (χ2n) is 14.8. The highest BCUT2D eigenvalue weighted by Gasteiger charge is 2.59. The Hall–Kier alpha value is -1.18. The van der Waals surface area contributed by atoms with Gasteiger partial charge in [-0.15, -0.1) is 0 Å². The minimum absolute atomic E-state index is 0.0734. The topological polar surface area (TPSA) is 71.1 Å². The van der Waals surface area contributed by atoms with Crippen LogP contribution in [0, 0.1) is 29.1 Å². The van der Waals surface area contributed by atoms with E-state index < -0.39 is 13.7 Å². The molecule has 4 rings (SSSR count). The molecule has 38 heavy (non-hydrogen) atoms. The molecule has 0 aromatic rings. The van der Waals surface area contributed by atoms with Crippen LogP contribution in [0.2, 0.25) is 18.1 Å². The lowest BCUT2D eigenvalue weighted by atomic mass is 9.59. The summed E-state index contributed by atoms with van der Waals surface area (Å²) in [6.07, 6.45) is 9.65. The van der Waals surface area contributed by atoms with Crippen LogP contribution in [0.25, 0.3) is 0 Å². The highest BCUT2D eigenvalue weighted by Crippen LogP contribution is 2.55. The van der Waals surface area contributed by atoms with E-state index in [9.17, 15) is 9.59 Å². The number of esters is 2. The molecule has 2 aliphatic heterocycles. The molecule has 7 heteroatoms. The Balaban J connectivity index is 1.48. The summed E-state index contributed by atoms with van der Waals surface area (Å²) in [6, 6.07) is 0. The van der Waals surface area contributed by atoms with Gasteiger partial charge in [-0.05, 0) is 81.8 Å². The molecule has 6 nitrogen and oxygen atoms in total. The van der Waals surface area contributed by atoms with Crippen LogP contribution < -0.4 is 0 Å². The number of cyclic esters (lactones) is 1. The van der Waals surface area contributed by atoms with Crippen LogP contribution in [-0.4, -0.2) is 50.8 Å². The van der Waals surface area contributed by atoms with Gasteiger partial charge in [0.25, 0.3) is 0 Å². The summed E-state index contributed by atoms with van der Waals surface area (Å²) in [6.45, 7) is 20.2. The van der Waals surface area contributed by atoms with Crippen molar-refractivity contribution in [3.8, 4) is 0 Å². The number of ether oxygens (including phenoxy) is 3. The Kier molecular flexibility index (Phi) is 8.36. The number of carbonyl (C=O) groups excluding carboxylic acids is 2. The van der Waals surface area contributed by atoms with Gasteiger partial charge in [0, 0.05) is 12.3 Å². The standard InChI is InChI=1S/C31H52O6Si/c1-10-30(6,7)28(33)36-25-15-21-18-31(34-19-21)14-13-20(2)24(27(25)31)12-11-22-16-23(17-26(32)35-22)37-38(8,9)29(3,4)5/h13-14,20-25,27H,10-12,15-19H2,1-9H3. The second-order valence-corrected chi connectivity index (χ2v) is 19.5. The first kappa shape index (κ1) is 29.8. The zero-order chi connectivity index (χ0) is 28.1. The summed E-state index contributed by atoms with van der Waals surface area (Å²) >= 11 is 0. The molecule has 0 N–H and O–H groups in total. The molecule has 2 saturated heterocycles. The van der Waals surface area contributed by atoms with Gasteiger partial charge in [0.1, 0.15) is 12.2 Å². The average Bonchev–Trinajstić information content (AvgIpc) is 3.14. The van der Waals surface area contributed by atoms with Crippen LogP contribution in [0.1, 0.15) is 93.4 Å². The van der Waals surface area contributed by atoms with E-state index in [2.05, 4.69) is 52.9 Å². The smallest absolute Gasteiger partial charge is 0.311 e. The highest BCUT2D eigenvalue weighted by atomic mass is 28.4.